The Bertz CT molecular complexity index is 867. The smallest absolute Gasteiger partial charge is 0.326 e. The third-order valence-electron chi connectivity index (χ3n) is 3.85. The predicted molar refractivity (Wildman–Crippen MR) is 110 cm³/mol. The van der Waals surface area contributed by atoms with E-state index < -0.39 is 6.05 Å². The van der Waals surface area contributed by atoms with Gasteiger partial charge in [-0.3, -0.25) is 9.93 Å². The lowest BCUT2D eigenvalue weighted by Crippen LogP contribution is -2.31. The number of nitrogens with zero attached hydrogens (tertiary/aromatic N) is 2. The molecule has 0 radical (unpaired) electrons. The van der Waals surface area contributed by atoms with Gasteiger partial charge in [-0.1, -0.05) is 42.5 Å². The van der Waals surface area contributed by atoms with Gasteiger partial charge in [0.25, 0.3) is 0 Å². The van der Waals surface area contributed by atoms with Crippen molar-refractivity contribution in [3.05, 3.63) is 82.0 Å². The molecule has 1 aromatic rings. The van der Waals surface area contributed by atoms with Crippen molar-refractivity contribution >= 4 is 36.2 Å². The number of alkyl halides is 2. The van der Waals surface area contributed by atoms with E-state index in [0.29, 0.717) is 37.8 Å². The van der Waals surface area contributed by atoms with Crippen LogP contribution in [0.15, 0.2) is 76.5 Å². The topological polar surface area (TPSA) is 70.7 Å². The molecule has 0 saturated heterocycles. The van der Waals surface area contributed by atoms with Crippen LogP contribution in [-0.4, -0.2) is 23.7 Å². The van der Waals surface area contributed by atoms with Crippen LogP contribution in [0.4, 0.5) is 8.78 Å². The van der Waals surface area contributed by atoms with Crippen LogP contribution in [0.25, 0.3) is 0 Å². The first-order valence-corrected chi connectivity index (χ1v) is 9.36. The van der Waals surface area contributed by atoms with Gasteiger partial charge in [-0.25, -0.2) is 5.01 Å². The van der Waals surface area contributed by atoms with E-state index in [2.05, 4.69) is 23.7 Å². The van der Waals surface area contributed by atoms with Crippen LogP contribution in [-0.2, 0) is 11.2 Å². The Morgan fingerprint density at radius 2 is 2.18 bits per heavy atom. The van der Waals surface area contributed by atoms with Gasteiger partial charge >= 0.3 is 6.05 Å². The number of hydrazone groups is 1. The lowest BCUT2D eigenvalue weighted by atomic mass is 10.1. The second kappa shape index (κ2) is 9.68. The molecule has 0 fully saturated rings. The Morgan fingerprint density at radius 3 is 2.79 bits per heavy atom. The maximum Gasteiger partial charge on any atom is 0.363 e. The molecule has 1 aliphatic rings. The number of allylic oxidation sites excluding steroid dienone is 3. The van der Waals surface area contributed by atoms with Gasteiger partial charge in [0.2, 0.25) is 5.91 Å². The summed E-state index contributed by atoms with van der Waals surface area (Å²) in [4.78, 5) is 12.8. The predicted octanol–water partition coefficient (Wildman–Crippen LogP) is 4.36. The second-order valence-corrected chi connectivity index (χ2v) is 6.82. The number of hydrogen-bond acceptors (Lipinski definition) is 5. The van der Waals surface area contributed by atoms with Gasteiger partial charge in [0.15, 0.2) is 0 Å². The van der Waals surface area contributed by atoms with Gasteiger partial charge in [0.05, 0.1) is 6.42 Å². The summed E-state index contributed by atoms with van der Waals surface area (Å²) in [6.45, 7) is 6.25. The van der Waals surface area contributed by atoms with Crippen molar-refractivity contribution in [3.63, 3.8) is 0 Å². The first-order valence-electron chi connectivity index (χ1n) is 8.11. The normalized spacial score (nSPS) is 15.5. The zero-order valence-electron chi connectivity index (χ0n) is 14.9. The third kappa shape index (κ3) is 5.54. The molecule has 5 nitrogen and oxygen atoms in total. The molecule has 0 bridgehead atoms. The van der Waals surface area contributed by atoms with Gasteiger partial charge in [-0.2, -0.15) is 13.9 Å². The van der Waals surface area contributed by atoms with Crippen LogP contribution in [0.2, 0.25) is 5.02 Å². The maximum absolute atomic E-state index is 13.8. The monoisotopic (exact) mass is 424 g/mol. The minimum absolute atomic E-state index is 0.109. The van der Waals surface area contributed by atoms with E-state index in [0.717, 1.165) is 18.1 Å². The highest BCUT2D eigenvalue weighted by molar-refractivity contribution is 8.01. The van der Waals surface area contributed by atoms with E-state index >= 15 is 0 Å². The molecule has 2 rings (SSSR count). The summed E-state index contributed by atoms with van der Waals surface area (Å²) >= 11 is 6.95. The molecular weight excluding hydrogens is 406 g/mol. The molecule has 1 aromatic carbocycles. The average Bonchev–Trinajstić information content (AvgIpc) is 2.68. The van der Waals surface area contributed by atoms with E-state index in [1.807, 2.05) is 0 Å². The first-order chi connectivity index (χ1) is 13.3. The van der Waals surface area contributed by atoms with Crippen LogP contribution < -0.4 is 10.5 Å². The maximum atomic E-state index is 13.8. The van der Waals surface area contributed by atoms with Crippen molar-refractivity contribution in [1.29, 1.82) is 0 Å². The summed E-state index contributed by atoms with van der Waals surface area (Å²) in [5.74, 6) is -0.253. The molecule has 0 aromatic heterocycles. The summed E-state index contributed by atoms with van der Waals surface area (Å²) in [6, 6.07) is 3.68. The third-order valence-corrected chi connectivity index (χ3v) is 4.85. The van der Waals surface area contributed by atoms with Gasteiger partial charge in [0.1, 0.15) is 0 Å². The molecule has 0 spiro atoms. The zero-order valence-corrected chi connectivity index (χ0v) is 16.4. The number of benzene rings is 1. The number of amides is 1. The average molecular weight is 425 g/mol. The van der Waals surface area contributed by atoms with Gasteiger partial charge in [0, 0.05) is 34.6 Å². The van der Waals surface area contributed by atoms with Crippen LogP contribution in [0.3, 0.4) is 0 Å². The molecule has 0 saturated carbocycles. The highest BCUT2D eigenvalue weighted by atomic mass is 35.5. The van der Waals surface area contributed by atoms with Crippen LogP contribution in [0.1, 0.15) is 12.0 Å². The molecular formula is C19H19ClF2N4OS. The molecule has 9 heteroatoms. The quantitative estimate of drug-likeness (QED) is 0.214. The van der Waals surface area contributed by atoms with Crippen molar-refractivity contribution in [2.45, 2.75) is 18.9 Å². The molecule has 1 amide bonds. The number of halogens is 3. The fourth-order valence-corrected chi connectivity index (χ4v) is 3.09. The number of hydrogen-bond donors (Lipinski definition) is 2. The van der Waals surface area contributed by atoms with Gasteiger partial charge in [-0.05, 0) is 41.6 Å². The summed E-state index contributed by atoms with van der Waals surface area (Å²) in [5.41, 5.74) is 1.73. The van der Waals surface area contributed by atoms with Crippen LogP contribution >= 0.6 is 23.5 Å². The van der Waals surface area contributed by atoms with E-state index in [4.69, 9.17) is 16.7 Å². The molecule has 0 atom stereocenters. The fraction of sp³-hybridized carbons (Fsp3) is 0.158. The van der Waals surface area contributed by atoms with Crippen molar-refractivity contribution < 1.29 is 13.6 Å². The first kappa shape index (κ1) is 21.9. The Balaban J connectivity index is 2.12. The van der Waals surface area contributed by atoms with Crippen LogP contribution in [0, 0.1) is 0 Å². The van der Waals surface area contributed by atoms with E-state index in [1.54, 1.807) is 36.4 Å². The van der Waals surface area contributed by atoms with Crippen molar-refractivity contribution in [2.24, 2.45) is 10.2 Å². The van der Waals surface area contributed by atoms with Gasteiger partial charge < -0.3 is 5.32 Å². The summed E-state index contributed by atoms with van der Waals surface area (Å²) in [7, 11) is 0. The number of nitrogens with two attached hydrogens (primary N) is 1. The van der Waals surface area contributed by atoms with E-state index in [1.165, 1.54) is 0 Å². The van der Waals surface area contributed by atoms with Crippen molar-refractivity contribution in [2.75, 3.05) is 0 Å². The largest absolute Gasteiger partial charge is 0.363 e. The van der Waals surface area contributed by atoms with Gasteiger partial charge in [-0.15, -0.1) is 0 Å². The summed E-state index contributed by atoms with van der Waals surface area (Å²) < 4.78 is 27.6. The fourth-order valence-electron chi connectivity index (χ4n) is 2.41. The molecule has 1 aliphatic carbocycles. The van der Waals surface area contributed by atoms with E-state index in [-0.39, 0.29) is 18.7 Å². The Morgan fingerprint density at radius 1 is 1.46 bits per heavy atom. The molecule has 28 heavy (non-hydrogen) atoms. The highest BCUT2D eigenvalue weighted by Crippen LogP contribution is 2.31. The Hall–Kier alpha value is -2.42. The SMILES string of the molecule is C=CC(F)(F)N(/C=C1\CC=C(NC(=O)Cc2ccccc2Cl)C=C1SN)N=C. The highest BCUT2D eigenvalue weighted by Gasteiger charge is 2.31. The van der Waals surface area contributed by atoms with Crippen molar-refractivity contribution in [3.8, 4) is 0 Å². The Kier molecular flexibility index (Phi) is 7.56. The Labute approximate surface area is 171 Å². The minimum Gasteiger partial charge on any atom is -0.326 e. The summed E-state index contributed by atoms with van der Waals surface area (Å²) in [5, 5.41) is 12.7. The lowest BCUT2D eigenvalue weighted by molar-refractivity contribution is -0.119. The molecule has 3 N–H and O–H groups in total. The molecule has 148 valence electrons. The van der Waals surface area contributed by atoms with Crippen molar-refractivity contribution in [1.82, 2.24) is 10.3 Å². The number of rotatable bonds is 8. The number of nitrogens with one attached hydrogen (secondary N) is 1. The minimum atomic E-state index is -3.38. The van der Waals surface area contributed by atoms with E-state index in [9.17, 15) is 13.6 Å². The van der Waals surface area contributed by atoms with Crippen LogP contribution in [0.5, 0.6) is 0 Å². The standard InChI is InChI=1S/C19H19ClF2N4OS/c1-3-19(21,22)26(24-2)12-14-8-9-15(11-17(14)28-23)25-18(27)10-13-6-4-5-7-16(13)20/h3-7,9,11-12H,1-2,8,10,23H2,(H,25,27)/b14-12+. The number of carbonyl (C=O) groups is 1. The second-order valence-electron chi connectivity index (χ2n) is 5.74. The molecule has 0 aliphatic heterocycles. The summed E-state index contributed by atoms with van der Waals surface area (Å²) in [6.07, 6.45) is 5.31. The zero-order chi connectivity index (χ0) is 20.7. The molecule has 0 heterocycles. The molecule has 0 unspecified atom stereocenters. The lowest BCUT2D eigenvalue weighted by Gasteiger charge is -2.24. The number of carbonyl (C=O) groups excluding carboxylic acids is 1.